The standard InChI is InChI=1S/C8H15N7O/c1-2-3-4-11-8(16)15-7-13-5(9)12-6(10)14-7/h2-4H2,1H3,(H6,9,10,11,12,13,14,15,16). The van der Waals surface area contributed by atoms with Gasteiger partial charge in [0.1, 0.15) is 0 Å². The predicted octanol–water partition coefficient (Wildman–Crippen LogP) is -0.0424. The van der Waals surface area contributed by atoms with Crippen LogP contribution in [0.25, 0.3) is 0 Å². The highest BCUT2D eigenvalue weighted by atomic mass is 16.2. The van der Waals surface area contributed by atoms with E-state index in [9.17, 15) is 4.79 Å². The number of amides is 2. The van der Waals surface area contributed by atoms with Crippen molar-refractivity contribution in [2.75, 3.05) is 23.3 Å². The Bertz CT molecular complexity index is 347. The molecule has 0 bridgehead atoms. The molecule has 0 aliphatic rings. The highest BCUT2D eigenvalue weighted by Crippen LogP contribution is 2.02. The molecule has 0 fully saturated rings. The number of aromatic nitrogens is 3. The number of carbonyl (C=O) groups excluding carboxylic acids is 1. The molecular formula is C8H15N7O. The smallest absolute Gasteiger partial charge is 0.321 e. The molecule has 0 aliphatic carbocycles. The van der Waals surface area contributed by atoms with Gasteiger partial charge in [0.15, 0.2) is 0 Å². The second kappa shape index (κ2) is 5.69. The molecule has 1 rings (SSSR count). The summed E-state index contributed by atoms with van der Waals surface area (Å²) in [6.45, 7) is 2.63. The summed E-state index contributed by atoms with van der Waals surface area (Å²) in [5.41, 5.74) is 10.7. The lowest BCUT2D eigenvalue weighted by Gasteiger charge is -2.05. The van der Waals surface area contributed by atoms with E-state index in [4.69, 9.17) is 11.5 Å². The minimum atomic E-state index is -0.390. The van der Waals surface area contributed by atoms with Gasteiger partial charge in [0, 0.05) is 6.54 Å². The normalized spacial score (nSPS) is 9.81. The van der Waals surface area contributed by atoms with Crippen LogP contribution in [-0.4, -0.2) is 27.5 Å². The molecule has 0 aliphatic heterocycles. The number of urea groups is 1. The quantitative estimate of drug-likeness (QED) is 0.531. The van der Waals surface area contributed by atoms with Crippen molar-refractivity contribution in [2.45, 2.75) is 19.8 Å². The van der Waals surface area contributed by atoms with Crippen molar-refractivity contribution in [1.82, 2.24) is 20.3 Å². The monoisotopic (exact) mass is 225 g/mol. The van der Waals surface area contributed by atoms with E-state index in [1.54, 1.807) is 0 Å². The molecule has 0 saturated carbocycles. The maximum atomic E-state index is 11.3. The Labute approximate surface area is 92.9 Å². The van der Waals surface area contributed by atoms with Crippen molar-refractivity contribution in [3.05, 3.63) is 0 Å². The maximum Gasteiger partial charge on any atom is 0.321 e. The zero-order valence-corrected chi connectivity index (χ0v) is 9.03. The summed E-state index contributed by atoms with van der Waals surface area (Å²) in [5, 5.41) is 5.05. The molecule has 88 valence electrons. The van der Waals surface area contributed by atoms with E-state index in [0.717, 1.165) is 12.8 Å². The second-order valence-corrected chi connectivity index (χ2v) is 3.11. The summed E-state index contributed by atoms with van der Waals surface area (Å²) in [5.74, 6) is -0.0216. The van der Waals surface area contributed by atoms with Gasteiger partial charge in [-0.15, -0.1) is 0 Å². The Kier molecular flexibility index (Phi) is 4.25. The molecule has 0 atom stereocenters. The molecule has 0 aromatic carbocycles. The lowest BCUT2D eigenvalue weighted by molar-refractivity contribution is 0.252. The summed E-state index contributed by atoms with van der Waals surface area (Å²) in [6.07, 6.45) is 1.92. The molecule has 1 aromatic rings. The van der Waals surface area contributed by atoms with Gasteiger partial charge >= 0.3 is 6.03 Å². The minimum Gasteiger partial charge on any atom is -0.368 e. The van der Waals surface area contributed by atoms with E-state index in [2.05, 4.69) is 25.6 Å². The fraction of sp³-hybridized carbons (Fsp3) is 0.500. The summed E-state index contributed by atoms with van der Waals surface area (Å²) < 4.78 is 0. The SMILES string of the molecule is CCCCNC(=O)Nc1nc(N)nc(N)n1. The molecule has 0 radical (unpaired) electrons. The first kappa shape index (κ1) is 12.0. The summed E-state index contributed by atoms with van der Waals surface area (Å²) in [4.78, 5) is 22.3. The molecule has 6 N–H and O–H groups in total. The lowest BCUT2D eigenvalue weighted by atomic mass is 10.3. The van der Waals surface area contributed by atoms with Gasteiger partial charge in [-0.25, -0.2) is 4.79 Å². The Balaban J connectivity index is 2.49. The number of nitrogens with two attached hydrogens (primary N) is 2. The molecule has 0 spiro atoms. The van der Waals surface area contributed by atoms with Gasteiger partial charge in [-0.3, -0.25) is 5.32 Å². The van der Waals surface area contributed by atoms with Gasteiger partial charge in [0.05, 0.1) is 0 Å². The Morgan fingerprint density at radius 3 is 2.44 bits per heavy atom. The van der Waals surface area contributed by atoms with E-state index < -0.39 is 6.03 Å². The van der Waals surface area contributed by atoms with E-state index in [-0.39, 0.29) is 17.8 Å². The van der Waals surface area contributed by atoms with Crippen LogP contribution in [0.3, 0.4) is 0 Å². The van der Waals surface area contributed by atoms with Crippen LogP contribution in [0.4, 0.5) is 22.6 Å². The highest BCUT2D eigenvalue weighted by Gasteiger charge is 2.05. The summed E-state index contributed by atoms with van der Waals surface area (Å²) in [7, 11) is 0. The molecule has 1 aromatic heterocycles. The maximum absolute atomic E-state index is 11.3. The van der Waals surface area contributed by atoms with Gasteiger partial charge < -0.3 is 16.8 Å². The number of hydrogen-bond donors (Lipinski definition) is 4. The molecular weight excluding hydrogens is 210 g/mol. The van der Waals surface area contributed by atoms with Crippen molar-refractivity contribution >= 4 is 23.9 Å². The third-order valence-corrected chi connectivity index (χ3v) is 1.71. The molecule has 16 heavy (non-hydrogen) atoms. The van der Waals surface area contributed by atoms with Gasteiger partial charge in [-0.05, 0) is 6.42 Å². The molecule has 0 saturated heterocycles. The molecule has 8 nitrogen and oxygen atoms in total. The van der Waals surface area contributed by atoms with Crippen LogP contribution >= 0.6 is 0 Å². The number of hydrogen-bond acceptors (Lipinski definition) is 6. The number of nitrogen functional groups attached to an aromatic ring is 2. The van der Waals surface area contributed by atoms with Gasteiger partial charge in [-0.1, -0.05) is 13.3 Å². The number of nitrogens with zero attached hydrogens (tertiary/aromatic N) is 3. The topological polar surface area (TPSA) is 132 Å². The lowest BCUT2D eigenvalue weighted by Crippen LogP contribution is -2.30. The van der Waals surface area contributed by atoms with Gasteiger partial charge in [0.2, 0.25) is 17.8 Å². The first-order valence-electron chi connectivity index (χ1n) is 4.93. The molecule has 1 heterocycles. The van der Waals surface area contributed by atoms with Crippen LogP contribution in [0.5, 0.6) is 0 Å². The fourth-order valence-electron chi connectivity index (χ4n) is 0.990. The Hall–Kier alpha value is -2.12. The first-order valence-corrected chi connectivity index (χ1v) is 4.93. The largest absolute Gasteiger partial charge is 0.368 e. The van der Waals surface area contributed by atoms with Crippen molar-refractivity contribution in [3.8, 4) is 0 Å². The average molecular weight is 225 g/mol. The van der Waals surface area contributed by atoms with E-state index in [0.29, 0.717) is 6.54 Å². The Morgan fingerprint density at radius 1 is 1.25 bits per heavy atom. The highest BCUT2D eigenvalue weighted by molar-refractivity contribution is 5.87. The van der Waals surface area contributed by atoms with Crippen LogP contribution in [0.2, 0.25) is 0 Å². The van der Waals surface area contributed by atoms with Crippen LogP contribution < -0.4 is 22.1 Å². The Morgan fingerprint density at radius 2 is 1.88 bits per heavy atom. The van der Waals surface area contributed by atoms with Gasteiger partial charge in [0.25, 0.3) is 0 Å². The van der Waals surface area contributed by atoms with Crippen LogP contribution in [0.1, 0.15) is 19.8 Å². The van der Waals surface area contributed by atoms with Crippen molar-refractivity contribution in [1.29, 1.82) is 0 Å². The number of rotatable bonds is 4. The van der Waals surface area contributed by atoms with E-state index >= 15 is 0 Å². The predicted molar refractivity (Wildman–Crippen MR) is 60.6 cm³/mol. The van der Waals surface area contributed by atoms with E-state index in [1.165, 1.54) is 0 Å². The second-order valence-electron chi connectivity index (χ2n) is 3.11. The number of anilines is 3. The minimum absolute atomic E-state index is 0.0311. The average Bonchev–Trinajstić information content (AvgIpc) is 2.16. The van der Waals surface area contributed by atoms with Crippen LogP contribution in [0, 0.1) is 0 Å². The number of unbranched alkanes of at least 4 members (excludes halogenated alkanes) is 1. The van der Waals surface area contributed by atoms with Crippen molar-refractivity contribution in [2.24, 2.45) is 0 Å². The van der Waals surface area contributed by atoms with E-state index in [1.807, 2.05) is 6.92 Å². The molecule has 0 unspecified atom stereocenters. The fourth-order valence-corrected chi connectivity index (χ4v) is 0.990. The zero-order chi connectivity index (χ0) is 12.0. The van der Waals surface area contributed by atoms with Crippen molar-refractivity contribution in [3.63, 3.8) is 0 Å². The number of carbonyl (C=O) groups is 1. The number of nitrogens with one attached hydrogen (secondary N) is 2. The summed E-state index contributed by atoms with van der Waals surface area (Å²) in [6, 6.07) is -0.390. The third-order valence-electron chi connectivity index (χ3n) is 1.71. The van der Waals surface area contributed by atoms with Crippen LogP contribution in [-0.2, 0) is 0 Å². The van der Waals surface area contributed by atoms with Crippen molar-refractivity contribution < 1.29 is 4.79 Å². The molecule has 8 heteroatoms. The zero-order valence-electron chi connectivity index (χ0n) is 9.03. The van der Waals surface area contributed by atoms with Gasteiger partial charge in [-0.2, -0.15) is 15.0 Å². The summed E-state index contributed by atoms with van der Waals surface area (Å²) >= 11 is 0. The first-order chi connectivity index (χ1) is 7.61. The van der Waals surface area contributed by atoms with Crippen LogP contribution in [0.15, 0.2) is 0 Å². The third kappa shape index (κ3) is 3.95. The molecule has 2 amide bonds.